The topological polar surface area (TPSA) is 32.9 Å². The number of pyridine rings is 1. The van der Waals surface area contributed by atoms with Gasteiger partial charge in [0, 0.05) is 16.5 Å². The largest absolute Gasteiger partial charge is 0.322 e. The third kappa shape index (κ3) is 2.07. The average Bonchev–Trinajstić information content (AvgIpc) is 2.25. The first-order valence-corrected chi connectivity index (χ1v) is 6.47. The number of aromatic nitrogens is 1. The van der Waals surface area contributed by atoms with Gasteiger partial charge < -0.3 is 4.98 Å². The van der Waals surface area contributed by atoms with Crippen molar-refractivity contribution >= 4 is 10.9 Å². The lowest BCUT2D eigenvalue weighted by atomic mass is 9.80. The van der Waals surface area contributed by atoms with Crippen LogP contribution in [0.5, 0.6) is 0 Å². The number of para-hydroxylation sites is 1. The van der Waals surface area contributed by atoms with Crippen LogP contribution in [0.2, 0.25) is 0 Å². The van der Waals surface area contributed by atoms with E-state index in [4.69, 9.17) is 0 Å². The highest BCUT2D eigenvalue weighted by molar-refractivity contribution is 5.83. The van der Waals surface area contributed by atoms with Crippen LogP contribution in [0.4, 0.5) is 0 Å². The van der Waals surface area contributed by atoms with Gasteiger partial charge in [-0.05, 0) is 23.0 Å². The maximum atomic E-state index is 12.3. The Hall–Kier alpha value is -1.57. The Balaban J connectivity index is 2.98. The van der Waals surface area contributed by atoms with Crippen molar-refractivity contribution in [3.05, 3.63) is 45.7 Å². The molecular formula is C16H21NO. The van der Waals surface area contributed by atoms with Crippen LogP contribution >= 0.6 is 0 Å². The van der Waals surface area contributed by atoms with Crippen LogP contribution in [0.3, 0.4) is 0 Å². The van der Waals surface area contributed by atoms with Gasteiger partial charge in [-0.1, -0.05) is 52.8 Å². The summed E-state index contributed by atoms with van der Waals surface area (Å²) in [5.41, 5.74) is 2.93. The van der Waals surface area contributed by atoms with Crippen molar-refractivity contribution < 1.29 is 0 Å². The number of aromatic amines is 1. The van der Waals surface area contributed by atoms with Crippen LogP contribution in [0.1, 0.15) is 51.7 Å². The molecule has 0 aliphatic rings. The molecule has 0 atom stereocenters. The molecule has 0 amide bonds. The average molecular weight is 243 g/mol. The number of hydrogen-bond donors (Lipinski definition) is 1. The molecule has 0 saturated heterocycles. The molecule has 0 radical (unpaired) electrons. The monoisotopic (exact) mass is 243 g/mol. The maximum absolute atomic E-state index is 12.3. The minimum atomic E-state index is -0.142. The fourth-order valence-electron chi connectivity index (χ4n) is 2.61. The molecule has 0 aliphatic carbocycles. The van der Waals surface area contributed by atoms with E-state index in [1.54, 1.807) is 0 Å². The highest BCUT2D eigenvalue weighted by atomic mass is 16.1. The van der Waals surface area contributed by atoms with Crippen LogP contribution in [-0.2, 0) is 5.41 Å². The van der Waals surface area contributed by atoms with Gasteiger partial charge in [0.25, 0.3) is 5.56 Å². The van der Waals surface area contributed by atoms with Gasteiger partial charge in [0.15, 0.2) is 0 Å². The van der Waals surface area contributed by atoms with Crippen molar-refractivity contribution in [2.75, 3.05) is 0 Å². The summed E-state index contributed by atoms with van der Waals surface area (Å²) in [6.07, 6.45) is 0. The van der Waals surface area contributed by atoms with Crippen LogP contribution in [-0.4, -0.2) is 4.98 Å². The molecule has 2 aromatic rings. The molecular weight excluding hydrogens is 222 g/mol. The Morgan fingerprint density at radius 3 is 2.28 bits per heavy atom. The Kier molecular flexibility index (Phi) is 3.05. The third-order valence-corrected chi connectivity index (χ3v) is 3.29. The van der Waals surface area contributed by atoms with Crippen LogP contribution in [0, 0.1) is 0 Å². The van der Waals surface area contributed by atoms with E-state index in [9.17, 15) is 4.79 Å². The van der Waals surface area contributed by atoms with Gasteiger partial charge in [0.05, 0.1) is 0 Å². The molecule has 0 aliphatic heterocycles. The van der Waals surface area contributed by atoms with Crippen molar-refractivity contribution in [1.29, 1.82) is 0 Å². The number of hydrogen-bond acceptors (Lipinski definition) is 1. The van der Waals surface area contributed by atoms with E-state index in [1.165, 1.54) is 5.56 Å². The van der Waals surface area contributed by atoms with Crippen LogP contribution in [0.25, 0.3) is 10.9 Å². The van der Waals surface area contributed by atoms with Gasteiger partial charge in [-0.3, -0.25) is 4.79 Å². The summed E-state index contributed by atoms with van der Waals surface area (Å²) in [5, 5.41) is 1.16. The molecule has 2 rings (SSSR count). The van der Waals surface area contributed by atoms with E-state index < -0.39 is 0 Å². The third-order valence-electron chi connectivity index (χ3n) is 3.29. The second-order valence-corrected chi connectivity index (χ2v) is 6.19. The molecule has 0 fully saturated rings. The minimum absolute atomic E-state index is 0.0462. The normalized spacial score (nSPS) is 12.3. The Morgan fingerprint density at radius 1 is 1.11 bits per heavy atom. The van der Waals surface area contributed by atoms with Crippen LogP contribution < -0.4 is 5.56 Å². The van der Waals surface area contributed by atoms with E-state index in [1.807, 2.05) is 18.2 Å². The first-order valence-electron chi connectivity index (χ1n) is 6.47. The lowest BCUT2D eigenvalue weighted by Crippen LogP contribution is -2.27. The van der Waals surface area contributed by atoms with Crippen molar-refractivity contribution in [2.45, 2.75) is 46.0 Å². The second kappa shape index (κ2) is 4.27. The van der Waals surface area contributed by atoms with Crippen molar-refractivity contribution in [3.8, 4) is 0 Å². The molecule has 1 aromatic carbocycles. The van der Waals surface area contributed by atoms with Gasteiger partial charge >= 0.3 is 0 Å². The number of nitrogens with one attached hydrogen (secondary N) is 1. The van der Waals surface area contributed by atoms with Gasteiger partial charge in [-0.15, -0.1) is 0 Å². The molecule has 2 nitrogen and oxygen atoms in total. The van der Waals surface area contributed by atoms with Crippen LogP contribution in [0.15, 0.2) is 29.1 Å². The minimum Gasteiger partial charge on any atom is -0.322 e. The number of rotatable bonds is 1. The summed E-state index contributed by atoms with van der Waals surface area (Å²) in [5.74, 6) is 0.339. The fraction of sp³-hybridized carbons (Fsp3) is 0.438. The van der Waals surface area contributed by atoms with Crippen molar-refractivity contribution in [2.24, 2.45) is 0 Å². The zero-order valence-electron chi connectivity index (χ0n) is 11.8. The summed E-state index contributed by atoms with van der Waals surface area (Å²) in [6.45, 7) is 10.6. The molecule has 96 valence electrons. The fourth-order valence-corrected chi connectivity index (χ4v) is 2.61. The molecule has 1 heterocycles. The van der Waals surface area contributed by atoms with Gasteiger partial charge in [-0.25, -0.2) is 0 Å². The summed E-state index contributed by atoms with van der Waals surface area (Å²) < 4.78 is 0. The molecule has 0 saturated carbocycles. The van der Waals surface area contributed by atoms with Gasteiger partial charge in [0.1, 0.15) is 0 Å². The van der Waals surface area contributed by atoms with Crippen molar-refractivity contribution in [1.82, 2.24) is 4.98 Å². The SMILES string of the molecule is CC(C)c1c(C(C)(C)C)c(=O)[nH]c2ccccc12. The molecule has 0 bridgehead atoms. The number of benzene rings is 1. The predicted molar refractivity (Wildman–Crippen MR) is 77.4 cm³/mol. The van der Waals surface area contributed by atoms with Gasteiger partial charge in [-0.2, -0.15) is 0 Å². The standard InChI is InChI=1S/C16H21NO/c1-10(2)13-11-8-6-7-9-12(11)17-15(18)14(13)16(3,4)5/h6-10H,1-5H3,(H,17,18). The number of fused-ring (bicyclic) bond motifs is 1. The van der Waals surface area contributed by atoms with Crippen molar-refractivity contribution in [3.63, 3.8) is 0 Å². The van der Waals surface area contributed by atoms with E-state index in [-0.39, 0.29) is 11.0 Å². The molecule has 2 heteroatoms. The number of H-pyrrole nitrogens is 1. The quantitative estimate of drug-likeness (QED) is 0.808. The zero-order chi connectivity index (χ0) is 13.5. The van der Waals surface area contributed by atoms with E-state index in [0.717, 1.165) is 16.5 Å². The molecule has 18 heavy (non-hydrogen) atoms. The molecule has 0 spiro atoms. The zero-order valence-corrected chi connectivity index (χ0v) is 11.8. The Morgan fingerprint density at radius 2 is 1.72 bits per heavy atom. The van der Waals surface area contributed by atoms with E-state index in [2.05, 4.69) is 45.7 Å². The Labute approximate surface area is 108 Å². The summed E-state index contributed by atoms with van der Waals surface area (Å²) >= 11 is 0. The summed E-state index contributed by atoms with van der Waals surface area (Å²) in [6, 6.07) is 8.04. The first-order chi connectivity index (χ1) is 8.32. The van der Waals surface area contributed by atoms with E-state index >= 15 is 0 Å². The first kappa shape index (κ1) is 12.9. The second-order valence-electron chi connectivity index (χ2n) is 6.19. The lowest BCUT2D eigenvalue weighted by molar-refractivity contribution is 0.570. The van der Waals surface area contributed by atoms with Gasteiger partial charge in [0.2, 0.25) is 0 Å². The van der Waals surface area contributed by atoms with E-state index in [0.29, 0.717) is 5.92 Å². The molecule has 1 aromatic heterocycles. The highest BCUT2D eigenvalue weighted by Crippen LogP contribution is 2.32. The lowest BCUT2D eigenvalue weighted by Gasteiger charge is -2.25. The molecule has 0 unspecified atom stereocenters. The Bertz CT molecular complexity index is 630. The highest BCUT2D eigenvalue weighted by Gasteiger charge is 2.25. The predicted octanol–water partition coefficient (Wildman–Crippen LogP) is 3.95. The summed E-state index contributed by atoms with van der Waals surface area (Å²) in [4.78, 5) is 15.4. The molecule has 1 N–H and O–H groups in total. The smallest absolute Gasteiger partial charge is 0.252 e. The summed E-state index contributed by atoms with van der Waals surface area (Å²) in [7, 11) is 0. The maximum Gasteiger partial charge on any atom is 0.252 e.